The Kier molecular flexibility index (Phi) is 4.90. The van der Waals surface area contributed by atoms with Gasteiger partial charge in [0.05, 0.1) is 0 Å². The van der Waals surface area contributed by atoms with Gasteiger partial charge in [0, 0.05) is 13.1 Å². The molecule has 3 rings (SSSR count). The van der Waals surface area contributed by atoms with Crippen molar-refractivity contribution in [1.82, 2.24) is 20.4 Å². The van der Waals surface area contributed by atoms with Crippen LogP contribution in [0, 0.1) is 6.92 Å². The lowest BCUT2D eigenvalue weighted by Gasteiger charge is -2.33. The molecule has 1 atom stereocenters. The first-order chi connectivity index (χ1) is 11.2. The molecular weight excluding hydrogens is 292 g/mol. The molecule has 1 saturated heterocycles. The Balaban J connectivity index is 1.58. The van der Waals surface area contributed by atoms with Crippen LogP contribution in [0.25, 0.3) is 0 Å². The van der Waals surface area contributed by atoms with Crippen molar-refractivity contribution in [2.45, 2.75) is 38.6 Å². The summed E-state index contributed by atoms with van der Waals surface area (Å²) in [6, 6.07) is 9.98. The predicted molar refractivity (Wildman–Crippen MR) is 85.9 cm³/mol. The molecule has 6 nitrogen and oxygen atoms in total. The van der Waals surface area contributed by atoms with Crippen LogP contribution in [0.15, 0.2) is 34.9 Å². The largest absolute Gasteiger partial charge is 0.338 e. The van der Waals surface area contributed by atoms with Gasteiger partial charge in [0.1, 0.15) is 6.04 Å². The van der Waals surface area contributed by atoms with Gasteiger partial charge < -0.3 is 14.7 Å². The van der Waals surface area contributed by atoms with Gasteiger partial charge in [-0.25, -0.2) is 4.79 Å². The van der Waals surface area contributed by atoms with Crippen LogP contribution in [0.5, 0.6) is 0 Å². The molecule has 2 amide bonds. The molecule has 0 radical (unpaired) electrons. The van der Waals surface area contributed by atoms with Crippen LogP contribution in [0.1, 0.15) is 42.6 Å². The van der Waals surface area contributed by atoms with Crippen molar-refractivity contribution < 1.29 is 9.32 Å². The van der Waals surface area contributed by atoms with Gasteiger partial charge in [0.25, 0.3) is 0 Å². The van der Waals surface area contributed by atoms with E-state index in [0.717, 1.165) is 32.2 Å². The summed E-state index contributed by atoms with van der Waals surface area (Å²) < 4.78 is 5.28. The molecule has 0 bridgehead atoms. The lowest BCUT2D eigenvalue weighted by molar-refractivity contribution is 0.132. The Morgan fingerprint density at radius 1 is 1.35 bits per heavy atom. The number of urea groups is 1. The van der Waals surface area contributed by atoms with Gasteiger partial charge in [-0.3, -0.25) is 0 Å². The average molecular weight is 314 g/mol. The third-order valence-electron chi connectivity index (χ3n) is 4.12. The number of likely N-dealkylation sites (tertiary alicyclic amines) is 1. The molecule has 0 aliphatic carbocycles. The number of rotatable bonds is 4. The van der Waals surface area contributed by atoms with Crippen LogP contribution in [-0.4, -0.2) is 34.2 Å². The highest BCUT2D eigenvalue weighted by Crippen LogP contribution is 2.29. The topological polar surface area (TPSA) is 71.3 Å². The fraction of sp³-hybridized carbons (Fsp3) is 0.471. The third-order valence-corrected chi connectivity index (χ3v) is 4.12. The number of benzene rings is 1. The van der Waals surface area contributed by atoms with E-state index >= 15 is 0 Å². The highest BCUT2D eigenvalue weighted by Gasteiger charge is 2.31. The van der Waals surface area contributed by atoms with Gasteiger partial charge in [-0.2, -0.15) is 4.98 Å². The predicted octanol–water partition coefficient (Wildman–Crippen LogP) is 2.86. The molecule has 0 spiro atoms. The van der Waals surface area contributed by atoms with Crippen LogP contribution in [0.3, 0.4) is 0 Å². The maximum absolute atomic E-state index is 12.5. The van der Waals surface area contributed by atoms with Crippen LogP contribution < -0.4 is 5.32 Å². The lowest BCUT2D eigenvalue weighted by atomic mass is 10.0. The number of hydrogen-bond donors (Lipinski definition) is 1. The van der Waals surface area contributed by atoms with Crippen molar-refractivity contribution in [3.8, 4) is 0 Å². The standard InChI is InChI=1S/C17H22N4O2/c1-13-19-16(23-20-13)15-9-5-6-12-21(15)17(22)18-11-10-14-7-3-2-4-8-14/h2-4,7-8,15H,5-6,9-12H2,1H3,(H,18,22)/t15-/m0/s1. The summed E-state index contributed by atoms with van der Waals surface area (Å²) in [7, 11) is 0. The van der Waals surface area contributed by atoms with E-state index in [4.69, 9.17) is 4.52 Å². The second-order valence-electron chi connectivity index (χ2n) is 5.85. The van der Waals surface area contributed by atoms with E-state index in [9.17, 15) is 4.79 Å². The van der Waals surface area contributed by atoms with Crippen molar-refractivity contribution in [3.05, 3.63) is 47.6 Å². The van der Waals surface area contributed by atoms with Gasteiger partial charge in [0.2, 0.25) is 5.89 Å². The maximum Gasteiger partial charge on any atom is 0.318 e. The number of amides is 2. The minimum absolute atomic E-state index is 0.0542. The smallest absolute Gasteiger partial charge is 0.318 e. The van der Waals surface area contributed by atoms with Gasteiger partial charge in [-0.15, -0.1) is 0 Å². The minimum Gasteiger partial charge on any atom is -0.338 e. The first-order valence-corrected chi connectivity index (χ1v) is 8.12. The number of carbonyl (C=O) groups excluding carboxylic acids is 1. The quantitative estimate of drug-likeness (QED) is 0.942. The van der Waals surface area contributed by atoms with E-state index in [2.05, 4.69) is 27.6 Å². The van der Waals surface area contributed by atoms with Gasteiger partial charge >= 0.3 is 6.03 Å². The van der Waals surface area contributed by atoms with Gasteiger partial charge in [-0.1, -0.05) is 35.5 Å². The zero-order valence-corrected chi connectivity index (χ0v) is 13.4. The van der Waals surface area contributed by atoms with Crippen LogP contribution in [0.4, 0.5) is 4.79 Å². The van der Waals surface area contributed by atoms with Crippen molar-refractivity contribution in [2.75, 3.05) is 13.1 Å². The summed E-state index contributed by atoms with van der Waals surface area (Å²) in [6.07, 6.45) is 3.77. The Hall–Kier alpha value is -2.37. The van der Waals surface area contributed by atoms with Gasteiger partial charge in [-0.05, 0) is 38.2 Å². The van der Waals surface area contributed by atoms with Crippen molar-refractivity contribution in [1.29, 1.82) is 0 Å². The van der Waals surface area contributed by atoms with E-state index in [-0.39, 0.29) is 12.1 Å². The highest BCUT2D eigenvalue weighted by molar-refractivity contribution is 5.74. The molecule has 2 heterocycles. The molecule has 1 aromatic heterocycles. The van der Waals surface area contributed by atoms with Crippen LogP contribution >= 0.6 is 0 Å². The minimum atomic E-state index is -0.110. The van der Waals surface area contributed by atoms with E-state index in [0.29, 0.717) is 18.3 Å². The number of aryl methyl sites for hydroxylation is 1. The van der Waals surface area contributed by atoms with E-state index in [1.165, 1.54) is 5.56 Å². The van der Waals surface area contributed by atoms with E-state index < -0.39 is 0 Å². The molecule has 23 heavy (non-hydrogen) atoms. The molecular formula is C17H22N4O2. The Morgan fingerprint density at radius 2 is 2.17 bits per heavy atom. The maximum atomic E-state index is 12.5. The molecule has 1 aromatic carbocycles. The van der Waals surface area contributed by atoms with Crippen molar-refractivity contribution in [2.24, 2.45) is 0 Å². The molecule has 1 fully saturated rings. The second kappa shape index (κ2) is 7.26. The third kappa shape index (κ3) is 3.88. The van der Waals surface area contributed by atoms with Gasteiger partial charge in [0.15, 0.2) is 5.82 Å². The molecule has 0 saturated carbocycles. The molecule has 1 aliphatic heterocycles. The summed E-state index contributed by atoms with van der Waals surface area (Å²) in [5, 5.41) is 6.85. The fourth-order valence-corrected chi connectivity index (χ4v) is 2.94. The molecule has 6 heteroatoms. The molecule has 0 unspecified atom stereocenters. The normalized spacial score (nSPS) is 18.0. The Labute approximate surface area is 135 Å². The fourth-order valence-electron chi connectivity index (χ4n) is 2.94. The number of hydrogen-bond acceptors (Lipinski definition) is 4. The Bertz CT molecular complexity index is 641. The van der Waals surface area contributed by atoms with Crippen LogP contribution in [0.2, 0.25) is 0 Å². The monoisotopic (exact) mass is 314 g/mol. The summed E-state index contributed by atoms with van der Waals surface area (Å²) in [5.74, 6) is 1.15. The number of piperidine rings is 1. The lowest BCUT2D eigenvalue weighted by Crippen LogP contribution is -2.45. The number of nitrogens with one attached hydrogen (secondary N) is 1. The highest BCUT2D eigenvalue weighted by atomic mass is 16.5. The zero-order chi connectivity index (χ0) is 16.1. The van der Waals surface area contributed by atoms with E-state index in [1.807, 2.05) is 23.1 Å². The average Bonchev–Trinajstić information content (AvgIpc) is 3.02. The first kappa shape index (κ1) is 15.5. The van der Waals surface area contributed by atoms with Crippen molar-refractivity contribution in [3.63, 3.8) is 0 Å². The first-order valence-electron chi connectivity index (χ1n) is 8.12. The SMILES string of the molecule is Cc1noc([C@@H]2CCCCN2C(=O)NCCc2ccccc2)n1. The van der Waals surface area contributed by atoms with E-state index in [1.54, 1.807) is 6.92 Å². The number of aromatic nitrogens is 2. The number of nitrogens with zero attached hydrogens (tertiary/aromatic N) is 3. The summed E-state index contributed by atoms with van der Waals surface area (Å²) in [6.45, 7) is 3.14. The summed E-state index contributed by atoms with van der Waals surface area (Å²) in [5.41, 5.74) is 1.22. The summed E-state index contributed by atoms with van der Waals surface area (Å²) >= 11 is 0. The molecule has 1 aliphatic rings. The Morgan fingerprint density at radius 3 is 2.91 bits per heavy atom. The van der Waals surface area contributed by atoms with Crippen LogP contribution in [-0.2, 0) is 6.42 Å². The second-order valence-corrected chi connectivity index (χ2v) is 5.85. The molecule has 2 aromatic rings. The van der Waals surface area contributed by atoms with Crippen molar-refractivity contribution >= 4 is 6.03 Å². The molecule has 1 N–H and O–H groups in total. The number of carbonyl (C=O) groups is 1. The summed E-state index contributed by atoms with van der Waals surface area (Å²) in [4.78, 5) is 18.6. The molecule has 122 valence electrons. The zero-order valence-electron chi connectivity index (χ0n) is 13.4.